The molecular weight excluding hydrogens is 405 g/mol. The van der Waals surface area contributed by atoms with Gasteiger partial charge >= 0.3 is 0 Å². The monoisotopic (exact) mass is 429 g/mol. The number of benzene rings is 3. The first-order valence-corrected chi connectivity index (χ1v) is 10.8. The fourth-order valence-electron chi connectivity index (χ4n) is 4.08. The fourth-order valence-corrected chi connectivity index (χ4v) is 4.08. The van der Waals surface area contributed by atoms with Crippen LogP contribution in [0.3, 0.4) is 0 Å². The molecule has 0 atom stereocenters. The third kappa shape index (κ3) is 3.92. The van der Waals surface area contributed by atoms with Gasteiger partial charge in [0.05, 0.1) is 11.1 Å². The number of carbonyl (C=O) groups excluding carboxylic acids is 1. The lowest BCUT2D eigenvalue weighted by Crippen LogP contribution is -2.31. The smallest absolute Gasteiger partial charge is 0.231 e. The number of allylic oxidation sites excluding steroid dienone is 1. The van der Waals surface area contributed by atoms with Gasteiger partial charge in [0.2, 0.25) is 5.78 Å². The highest BCUT2D eigenvalue weighted by Gasteiger charge is 2.33. The molecule has 32 heavy (non-hydrogen) atoms. The molecule has 162 valence electrons. The van der Waals surface area contributed by atoms with Crippen molar-refractivity contribution < 1.29 is 18.7 Å². The molecule has 2 aliphatic heterocycles. The SMILES string of the molecule is CC(C)c1ccc(/C=C2\Oc3c(ccc4c3CN(Cc3ccc(F)cc3)CO4)C2=O)cc1. The van der Waals surface area contributed by atoms with E-state index in [4.69, 9.17) is 9.47 Å². The molecule has 0 spiro atoms. The summed E-state index contributed by atoms with van der Waals surface area (Å²) in [5.74, 6) is 1.70. The molecule has 0 aliphatic carbocycles. The van der Waals surface area contributed by atoms with Gasteiger partial charge in [-0.05, 0) is 52.9 Å². The van der Waals surface area contributed by atoms with Gasteiger partial charge in [0.25, 0.3) is 0 Å². The first-order chi connectivity index (χ1) is 15.5. The predicted molar refractivity (Wildman–Crippen MR) is 121 cm³/mol. The van der Waals surface area contributed by atoms with Crippen LogP contribution >= 0.6 is 0 Å². The largest absolute Gasteiger partial charge is 0.478 e. The molecule has 2 aliphatic rings. The van der Waals surface area contributed by atoms with Crippen molar-refractivity contribution in [2.75, 3.05) is 6.73 Å². The van der Waals surface area contributed by atoms with E-state index < -0.39 is 0 Å². The maximum atomic E-state index is 13.2. The van der Waals surface area contributed by atoms with E-state index in [0.29, 0.717) is 42.8 Å². The summed E-state index contributed by atoms with van der Waals surface area (Å²) in [5, 5.41) is 0. The van der Waals surface area contributed by atoms with Crippen LogP contribution in [-0.2, 0) is 13.1 Å². The molecule has 5 heteroatoms. The van der Waals surface area contributed by atoms with Crippen LogP contribution in [-0.4, -0.2) is 17.4 Å². The fraction of sp³-hybridized carbons (Fsp3) is 0.222. The van der Waals surface area contributed by atoms with E-state index in [0.717, 1.165) is 22.4 Å². The van der Waals surface area contributed by atoms with Crippen LogP contribution in [0.5, 0.6) is 11.5 Å². The average Bonchev–Trinajstić information content (AvgIpc) is 3.11. The molecule has 0 bridgehead atoms. The van der Waals surface area contributed by atoms with E-state index in [1.165, 1.54) is 17.7 Å². The first-order valence-electron chi connectivity index (χ1n) is 10.8. The highest BCUT2D eigenvalue weighted by molar-refractivity contribution is 6.15. The van der Waals surface area contributed by atoms with Crippen LogP contribution < -0.4 is 9.47 Å². The van der Waals surface area contributed by atoms with Crippen molar-refractivity contribution in [3.63, 3.8) is 0 Å². The molecule has 0 fully saturated rings. The highest BCUT2D eigenvalue weighted by Crippen LogP contribution is 2.42. The summed E-state index contributed by atoms with van der Waals surface area (Å²) >= 11 is 0. The number of hydrogen-bond donors (Lipinski definition) is 0. The Bertz CT molecular complexity index is 1200. The maximum Gasteiger partial charge on any atom is 0.231 e. The second-order valence-corrected chi connectivity index (χ2v) is 8.57. The molecule has 3 aromatic rings. The van der Waals surface area contributed by atoms with Gasteiger partial charge in [0, 0.05) is 13.1 Å². The van der Waals surface area contributed by atoms with Gasteiger partial charge in [-0.1, -0.05) is 50.2 Å². The Labute approximate surface area is 186 Å². The second-order valence-electron chi connectivity index (χ2n) is 8.57. The number of nitrogens with zero attached hydrogens (tertiary/aromatic N) is 1. The molecule has 5 rings (SSSR count). The minimum absolute atomic E-state index is 0.119. The zero-order chi connectivity index (χ0) is 22.2. The highest BCUT2D eigenvalue weighted by atomic mass is 19.1. The summed E-state index contributed by atoms with van der Waals surface area (Å²) in [6.45, 7) is 5.92. The number of halogens is 1. The summed E-state index contributed by atoms with van der Waals surface area (Å²) in [6, 6.07) is 18.2. The van der Waals surface area contributed by atoms with Crippen LogP contribution in [0.25, 0.3) is 6.08 Å². The lowest BCUT2D eigenvalue weighted by molar-refractivity contribution is 0.0872. The van der Waals surface area contributed by atoms with Crippen molar-refractivity contribution in [1.29, 1.82) is 0 Å². The Morgan fingerprint density at radius 3 is 2.50 bits per heavy atom. The van der Waals surface area contributed by atoms with Gasteiger partial charge in [-0.3, -0.25) is 9.69 Å². The molecule has 0 saturated heterocycles. The average molecular weight is 429 g/mol. The van der Waals surface area contributed by atoms with Gasteiger partial charge in [-0.15, -0.1) is 0 Å². The molecule has 0 unspecified atom stereocenters. The Hall–Kier alpha value is -3.44. The number of hydrogen-bond acceptors (Lipinski definition) is 4. The number of fused-ring (bicyclic) bond motifs is 3. The maximum absolute atomic E-state index is 13.2. The number of carbonyl (C=O) groups is 1. The topological polar surface area (TPSA) is 38.8 Å². The molecule has 0 aromatic heterocycles. The molecule has 2 heterocycles. The molecular formula is C27H24FNO3. The van der Waals surface area contributed by atoms with Crippen molar-refractivity contribution in [1.82, 2.24) is 4.90 Å². The lowest BCUT2D eigenvalue weighted by atomic mass is 10.0. The van der Waals surface area contributed by atoms with Crippen LogP contribution in [0.1, 0.15) is 52.4 Å². The third-order valence-corrected chi connectivity index (χ3v) is 5.90. The normalized spacial score (nSPS) is 16.6. The zero-order valence-electron chi connectivity index (χ0n) is 18.1. The van der Waals surface area contributed by atoms with Crippen molar-refractivity contribution >= 4 is 11.9 Å². The van der Waals surface area contributed by atoms with E-state index in [1.54, 1.807) is 24.3 Å². The second kappa shape index (κ2) is 8.24. The molecule has 4 nitrogen and oxygen atoms in total. The van der Waals surface area contributed by atoms with Crippen LogP contribution in [0.4, 0.5) is 4.39 Å². The summed E-state index contributed by atoms with van der Waals surface area (Å²) in [6.07, 6.45) is 1.79. The van der Waals surface area contributed by atoms with Crippen LogP contribution in [0, 0.1) is 5.82 Å². The Balaban J connectivity index is 1.39. The van der Waals surface area contributed by atoms with Gasteiger partial charge < -0.3 is 9.47 Å². The number of Topliss-reactive ketones (excluding diaryl/α,β-unsaturated/α-hetero) is 1. The summed E-state index contributed by atoms with van der Waals surface area (Å²) in [7, 11) is 0. The number of rotatable bonds is 4. The summed E-state index contributed by atoms with van der Waals surface area (Å²) < 4.78 is 25.2. The lowest BCUT2D eigenvalue weighted by Gasteiger charge is -2.29. The van der Waals surface area contributed by atoms with E-state index in [-0.39, 0.29) is 11.6 Å². The van der Waals surface area contributed by atoms with Crippen molar-refractivity contribution in [3.8, 4) is 11.5 Å². The van der Waals surface area contributed by atoms with Crippen LogP contribution in [0.15, 0.2) is 66.4 Å². The van der Waals surface area contributed by atoms with Gasteiger partial charge in [-0.2, -0.15) is 0 Å². The standard InChI is InChI=1S/C27H24FNO3/c1-17(2)20-7-3-18(4-8-20)13-25-26(30)22-11-12-24-23(27(22)32-25)15-29(16-31-24)14-19-5-9-21(28)10-6-19/h3-13,17H,14-16H2,1-2H3/b25-13-. The van der Waals surface area contributed by atoms with Crippen molar-refractivity contribution in [2.45, 2.75) is 32.9 Å². The van der Waals surface area contributed by atoms with E-state index >= 15 is 0 Å². The third-order valence-electron chi connectivity index (χ3n) is 5.90. The van der Waals surface area contributed by atoms with E-state index in [1.807, 2.05) is 18.2 Å². The summed E-state index contributed by atoms with van der Waals surface area (Å²) in [4.78, 5) is 15.1. The molecule has 3 aromatic carbocycles. The Morgan fingerprint density at radius 1 is 1.03 bits per heavy atom. The zero-order valence-corrected chi connectivity index (χ0v) is 18.1. The minimum Gasteiger partial charge on any atom is -0.478 e. The number of ether oxygens (including phenoxy) is 2. The molecule has 0 saturated carbocycles. The quantitative estimate of drug-likeness (QED) is 0.483. The van der Waals surface area contributed by atoms with Gasteiger partial charge in [0.15, 0.2) is 5.76 Å². The van der Waals surface area contributed by atoms with Crippen molar-refractivity contribution in [2.24, 2.45) is 0 Å². The van der Waals surface area contributed by atoms with E-state index in [9.17, 15) is 9.18 Å². The Kier molecular flexibility index (Phi) is 5.27. The first kappa shape index (κ1) is 20.5. The number of ketones is 1. The van der Waals surface area contributed by atoms with Crippen molar-refractivity contribution in [3.05, 3.63) is 100 Å². The predicted octanol–water partition coefficient (Wildman–Crippen LogP) is 5.92. The van der Waals surface area contributed by atoms with Gasteiger partial charge in [-0.25, -0.2) is 4.39 Å². The minimum atomic E-state index is -0.253. The molecule has 0 radical (unpaired) electrons. The van der Waals surface area contributed by atoms with Crippen LogP contribution in [0.2, 0.25) is 0 Å². The molecule has 0 amide bonds. The Morgan fingerprint density at radius 2 is 1.78 bits per heavy atom. The molecule has 0 N–H and O–H groups in total. The van der Waals surface area contributed by atoms with Gasteiger partial charge in [0.1, 0.15) is 24.0 Å². The summed E-state index contributed by atoms with van der Waals surface area (Å²) in [5.41, 5.74) is 4.59. The van der Waals surface area contributed by atoms with E-state index in [2.05, 4.69) is 30.9 Å².